The maximum absolute atomic E-state index is 12.6. The normalized spacial score (nSPS) is 12.2. The molecule has 0 saturated carbocycles. The number of esters is 1. The summed E-state index contributed by atoms with van der Waals surface area (Å²) in [7, 11) is 2.83. The predicted molar refractivity (Wildman–Crippen MR) is 103 cm³/mol. The third-order valence-electron chi connectivity index (χ3n) is 4.25. The van der Waals surface area contributed by atoms with E-state index in [-0.39, 0.29) is 17.7 Å². The molecule has 27 heavy (non-hydrogen) atoms. The third-order valence-corrected chi connectivity index (χ3v) is 4.25. The highest BCUT2D eigenvalue weighted by Gasteiger charge is 2.23. The van der Waals surface area contributed by atoms with E-state index in [9.17, 15) is 9.59 Å². The molecule has 6 nitrogen and oxygen atoms in total. The summed E-state index contributed by atoms with van der Waals surface area (Å²) in [6.07, 6.45) is 1.88. The fourth-order valence-electron chi connectivity index (χ4n) is 2.59. The van der Waals surface area contributed by atoms with Gasteiger partial charge in [-0.25, -0.2) is 9.78 Å². The lowest BCUT2D eigenvalue weighted by molar-refractivity contribution is -0.142. The van der Waals surface area contributed by atoms with Crippen LogP contribution in [-0.2, 0) is 21.4 Å². The number of carbonyl (C=O) groups excluding carboxylic acids is 2. The van der Waals surface area contributed by atoms with E-state index in [2.05, 4.69) is 31.1 Å². The molecule has 1 aromatic carbocycles. The Kier molecular flexibility index (Phi) is 6.55. The zero-order chi connectivity index (χ0) is 20.0. The lowest BCUT2D eigenvalue weighted by atomic mass is 9.86. The molecule has 6 heteroatoms. The Hall–Kier alpha value is -2.89. The number of methoxy groups -OCH3 is 2. The second-order valence-electron chi connectivity index (χ2n) is 7.29. The van der Waals surface area contributed by atoms with Crippen molar-refractivity contribution in [3.8, 4) is 5.88 Å². The van der Waals surface area contributed by atoms with Crippen molar-refractivity contribution in [2.75, 3.05) is 14.2 Å². The van der Waals surface area contributed by atoms with Crippen molar-refractivity contribution in [3.05, 3.63) is 59.3 Å². The average molecular weight is 370 g/mol. The van der Waals surface area contributed by atoms with Gasteiger partial charge in [-0.2, -0.15) is 0 Å². The molecule has 0 fully saturated rings. The Morgan fingerprint density at radius 1 is 1.07 bits per heavy atom. The molecule has 1 heterocycles. The first kappa shape index (κ1) is 20.4. The first-order valence-corrected chi connectivity index (χ1v) is 8.72. The van der Waals surface area contributed by atoms with Gasteiger partial charge in [-0.1, -0.05) is 39.0 Å². The molecule has 0 aliphatic heterocycles. The number of hydrogen-bond donors (Lipinski definition) is 1. The molecule has 0 saturated heterocycles. The highest BCUT2D eigenvalue weighted by atomic mass is 16.5. The van der Waals surface area contributed by atoms with Gasteiger partial charge in [0.2, 0.25) is 5.88 Å². The van der Waals surface area contributed by atoms with Gasteiger partial charge >= 0.3 is 5.97 Å². The lowest BCUT2D eigenvalue weighted by Crippen LogP contribution is -2.43. The zero-order valence-electron chi connectivity index (χ0n) is 16.4. The second-order valence-corrected chi connectivity index (χ2v) is 7.29. The molecule has 0 radical (unpaired) electrons. The Morgan fingerprint density at radius 2 is 1.74 bits per heavy atom. The van der Waals surface area contributed by atoms with E-state index >= 15 is 0 Å². The number of amides is 1. The molecule has 2 rings (SSSR count). The largest absolute Gasteiger partial charge is 0.481 e. The number of benzene rings is 1. The summed E-state index contributed by atoms with van der Waals surface area (Å²) in [5.41, 5.74) is 2.41. The van der Waals surface area contributed by atoms with E-state index in [0.717, 1.165) is 11.1 Å². The van der Waals surface area contributed by atoms with Crippen molar-refractivity contribution in [3.63, 3.8) is 0 Å². The molecule has 1 atom stereocenters. The summed E-state index contributed by atoms with van der Waals surface area (Å²) < 4.78 is 9.86. The molecule has 0 bridgehead atoms. The molecule has 144 valence electrons. The SMILES string of the molecule is COC(=O)[C@H](Cc1ccc(OC)nc1)NC(=O)c1ccc(C(C)(C)C)cc1. The second kappa shape index (κ2) is 8.66. The molecular formula is C21H26N2O4. The number of nitrogens with zero attached hydrogens (tertiary/aromatic N) is 1. The van der Waals surface area contributed by atoms with Crippen molar-refractivity contribution in [1.82, 2.24) is 10.3 Å². The van der Waals surface area contributed by atoms with Crippen LogP contribution in [0.25, 0.3) is 0 Å². The molecule has 1 amide bonds. The summed E-state index contributed by atoms with van der Waals surface area (Å²) in [5.74, 6) is -0.353. The Morgan fingerprint density at radius 3 is 2.22 bits per heavy atom. The quantitative estimate of drug-likeness (QED) is 0.791. The third kappa shape index (κ3) is 5.54. The van der Waals surface area contributed by atoms with Crippen LogP contribution in [0, 0.1) is 0 Å². The minimum absolute atomic E-state index is 0.00489. The maximum Gasteiger partial charge on any atom is 0.328 e. The van der Waals surface area contributed by atoms with Crippen LogP contribution < -0.4 is 10.1 Å². The smallest absolute Gasteiger partial charge is 0.328 e. The number of aromatic nitrogens is 1. The number of pyridine rings is 1. The van der Waals surface area contributed by atoms with Crippen LogP contribution >= 0.6 is 0 Å². The van der Waals surface area contributed by atoms with Crippen LogP contribution in [-0.4, -0.2) is 37.1 Å². The van der Waals surface area contributed by atoms with Crippen LogP contribution in [0.1, 0.15) is 42.3 Å². The van der Waals surface area contributed by atoms with E-state index in [1.165, 1.54) is 14.2 Å². The van der Waals surface area contributed by atoms with Crippen LogP contribution in [0.3, 0.4) is 0 Å². The first-order valence-electron chi connectivity index (χ1n) is 8.72. The maximum atomic E-state index is 12.6. The van der Waals surface area contributed by atoms with Crippen molar-refractivity contribution in [1.29, 1.82) is 0 Å². The van der Waals surface area contributed by atoms with Gasteiger partial charge in [0.05, 0.1) is 14.2 Å². The van der Waals surface area contributed by atoms with Crippen LogP contribution in [0.15, 0.2) is 42.6 Å². The molecule has 0 aliphatic rings. The Labute approximate surface area is 159 Å². The van der Waals surface area contributed by atoms with Gasteiger partial charge in [0.1, 0.15) is 6.04 Å². The molecule has 1 aromatic heterocycles. The van der Waals surface area contributed by atoms with Crippen molar-refractivity contribution in [2.24, 2.45) is 0 Å². The first-order chi connectivity index (χ1) is 12.7. The molecule has 1 N–H and O–H groups in total. The summed E-state index contributed by atoms with van der Waals surface area (Å²) in [5, 5.41) is 2.75. The van der Waals surface area contributed by atoms with Crippen LogP contribution in [0.5, 0.6) is 5.88 Å². The van der Waals surface area contributed by atoms with E-state index in [1.807, 2.05) is 12.1 Å². The van der Waals surface area contributed by atoms with E-state index in [4.69, 9.17) is 9.47 Å². The monoisotopic (exact) mass is 370 g/mol. The minimum Gasteiger partial charge on any atom is -0.481 e. The number of carbonyl (C=O) groups is 2. The van der Waals surface area contributed by atoms with Gasteiger partial charge < -0.3 is 14.8 Å². The van der Waals surface area contributed by atoms with Crippen molar-refractivity contribution < 1.29 is 19.1 Å². The number of hydrogen-bond acceptors (Lipinski definition) is 5. The fourth-order valence-corrected chi connectivity index (χ4v) is 2.59. The van der Waals surface area contributed by atoms with Crippen LogP contribution in [0.4, 0.5) is 0 Å². The fraction of sp³-hybridized carbons (Fsp3) is 0.381. The zero-order valence-corrected chi connectivity index (χ0v) is 16.4. The highest BCUT2D eigenvalue weighted by Crippen LogP contribution is 2.22. The van der Waals surface area contributed by atoms with E-state index < -0.39 is 12.0 Å². The number of rotatable bonds is 6. The van der Waals surface area contributed by atoms with E-state index in [0.29, 0.717) is 11.4 Å². The minimum atomic E-state index is -0.806. The Balaban J connectivity index is 2.12. The van der Waals surface area contributed by atoms with Gasteiger partial charge in [0, 0.05) is 24.2 Å². The van der Waals surface area contributed by atoms with Gasteiger partial charge in [-0.15, -0.1) is 0 Å². The molecule has 2 aromatic rings. The molecule has 0 unspecified atom stereocenters. The predicted octanol–water partition coefficient (Wildman–Crippen LogP) is 2.90. The lowest BCUT2D eigenvalue weighted by Gasteiger charge is -2.20. The molecule has 0 spiro atoms. The number of ether oxygens (including phenoxy) is 2. The van der Waals surface area contributed by atoms with Gasteiger partial charge in [-0.05, 0) is 28.7 Å². The van der Waals surface area contributed by atoms with Crippen LogP contribution in [0.2, 0.25) is 0 Å². The van der Waals surface area contributed by atoms with Gasteiger partial charge in [-0.3, -0.25) is 4.79 Å². The highest BCUT2D eigenvalue weighted by molar-refractivity contribution is 5.96. The van der Waals surface area contributed by atoms with Crippen molar-refractivity contribution in [2.45, 2.75) is 38.6 Å². The standard InChI is InChI=1S/C21H26N2O4/c1-21(2,3)16-9-7-15(8-10-16)19(24)23-17(20(25)27-5)12-14-6-11-18(26-4)22-13-14/h6-11,13,17H,12H2,1-5H3,(H,23,24)/t17-/m0/s1. The topological polar surface area (TPSA) is 77.5 Å². The summed E-state index contributed by atoms with van der Waals surface area (Å²) >= 11 is 0. The van der Waals surface area contributed by atoms with Gasteiger partial charge in [0.25, 0.3) is 5.91 Å². The molecular weight excluding hydrogens is 344 g/mol. The summed E-state index contributed by atoms with van der Waals surface area (Å²) in [6.45, 7) is 6.33. The Bertz CT molecular complexity index is 777. The summed E-state index contributed by atoms with van der Waals surface area (Å²) in [4.78, 5) is 28.8. The molecule has 0 aliphatic carbocycles. The number of nitrogens with one attached hydrogen (secondary N) is 1. The summed E-state index contributed by atoms with van der Waals surface area (Å²) in [6, 6.07) is 10.1. The van der Waals surface area contributed by atoms with Crippen molar-refractivity contribution >= 4 is 11.9 Å². The average Bonchev–Trinajstić information content (AvgIpc) is 2.66. The van der Waals surface area contributed by atoms with E-state index in [1.54, 1.807) is 30.5 Å². The van der Waals surface area contributed by atoms with Gasteiger partial charge in [0.15, 0.2) is 0 Å².